The Bertz CT molecular complexity index is 1040. The Morgan fingerprint density at radius 3 is 2.06 bits per heavy atom. The van der Waals surface area contributed by atoms with E-state index in [0.29, 0.717) is 57.0 Å². The van der Waals surface area contributed by atoms with Crippen molar-refractivity contribution < 1.29 is 18.0 Å². The maximum Gasteiger partial charge on any atom is 0.264 e. The zero-order valence-corrected chi connectivity index (χ0v) is 19.2. The minimum absolute atomic E-state index is 0.0321. The maximum absolute atomic E-state index is 13.0. The Hall–Kier alpha value is -2.23. The van der Waals surface area contributed by atoms with Gasteiger partial charge in [-0.1, -0.05) is 18.2 Å². The van der Waals surface area contributed by atoms with Gasteiger partial charge in [-0.15, -0.1) is 11.3 Å². The lowest BCUT2D eigenvalue weighted by molar-refractivity contribution is -0.138. The number of benzene rings is 1. The molecule has 31 heavy (non-hydrogen) atoms. The lowest BCUT2D eigenvalue weighted by atomic mass is 9.96. The standard InChI is InChI=1S/C22H27N3O4S2/c1-17-7-8-20(30-17)22(27)24-15-13-23(14-16-24)21(26)18-9-11-25(12-10-18)31(28,29)19-5-3-2-4-6-19/h2-8,18H,9-16H2,1H3. The summed E-state index contributed by atoms with van der Waals surface area (Å²) in [5.41, 5.74) is 0. The summed E-state index contributed by atoms with van der Waals surface area (Å²) in [4.78, 5) is 31.4. The minimum Gasteiger partial charge on any atom is -0.339 e. The number of amides is 2. The largest absolute Gasteiger partial charge is 0.339 e. The van der Waals surface area contributed by atoms with Crippen molar-refractivity contribution in [1.29, 1.82) is 0 Å². The summed E-state index contributed by atoms with van der Waals surface area (Å²) in [5, 5.41) is 0. The van der Waals surface area contributed by atoms with Gasteiger partial charge in [0.1, 0.15) is 0 Å². The van der Waals surface area contributed by atoms with Crippen molar-refractivity contribution in [2.45, 2.75) is 24.7 Å². The average molecular weight is 462 g/mol. The van der Waals surface area contributed by atoms with Crippen molar-refractivity contribution >= 4 is 33.2 Å². The monoisotopic (exact) mass is 461 g/mol. The Kier molecular flexibility index (Phi) is 6.45. The van der Waals surface area contributed by atoms with Gasteiger partial charge in [0.25, 0.3) is 5.91 Å². The number of thiophene rings is 1. The van der Waals surface area contributed by atoms with E-state index in [9.17, 15) is 18.0 Å². The van der Waals surface area contributed by atoms with Gasteiger partial charge in [0.2, 0.25) is 15.9 Å². The van der Waals surface area contributed by atoms with Gasteiger partial charge < -0.3 is 9.80 Å². The number of sulfonamides is 1. The fraction of sp³-hybridized carbons (Fsp3) is 0.455. The molecule has 0 radical (unpaired) electrons. The molecule has 0 bridgehead atoms. The van der Waals surface area contributed by atoms with Crippen LogP contribution in [0.25, 0.3) is 0 Å². The van der Waals surface area contributed by atoms with Gasteiger partial charge >= 0.3 is 0 Å². The fourth-order valence-corrected chi connectivity index (χ4v) is 6.50. The van der Waals surface area contributed by atoms with Crippen LogP contribution in [0.15, 0.2) is 47.4 Å². The van der Waals surface area contributed by atoms with Crippen LogP contribution >= 0.6 is 11.3 Å². The van der Waals surface area contributed by atoms with Crippen molar-refractivity contribution in [3.8, 4) is 0 Å². The molecule has 1 aromatic carbocycles. The summed E-state index contributed by atoms with van der Waals surface area (Å²) in [5.74, 6) is -0.0510. The lowest BCUT2D eigenvalue weighted by Crippen LogP contribution is -2.53. The lowest BCUT2D eigenvalue weighted by Gasteiger charge is -2.38. The van der Waals surface area contributed by atoms with Crippen molar-refractivity contribution in [3.05, 3.63) is 52.2 Å². The van der Waals surface area contributed by atoms with E-state index in [1.807, 2.05) is 28.9 Å². The summed E-state index contributed by atoms with van der Waals surface area (Å²) >= 11 is 1.49. The van der Waals surface area contributed by atoms with Crippen LogP contribution in [0.3, 0.4) is 0 Å². The number of hydrogen-bond acceptors (Lipinski definition) is 5. The van der Waals surface area contributed by atoms with Crippen molar-refractivity contribution in [1.82, 2.24) is 14.1 Å². The molecule has 0 saturated carbocycles. The summed E-state index contributed by atoms with van der Waals surface area (Å²) in [6, 6.07) is 12.2. The molecule has 0 unspecified atom stereocenters. The predicted molar refractivity (Wildman–Crippen MR) is 119 cm³/mol. The number of nitrogens with zero attached hydrogens (tertiary/aromatic N) is 3. The van der Waals surface area contributed by atoms with Crippen LogP contribution in [-0.2, 0) is 14.8 Å². The smallest absolute Gasteiger partial charge is 0.264 e. The van der Waals surface area contributed by atoms with Gasteiger partial charge in [-0.25, -0.2) is 8.42 Å². The number of rotatable bonds is 4. The molecule has 166 valence electrons. The summed E-state index contributed by atoms with van der Waals surface area (Å²) in [6.07, 6.45) is 1.05. The van der Waals surface area contributed by atoms with Crippen LogP contribution in [0.2, 0.25) is 0 Å². The van der Waals surface area contributed by atoms with Gasteiger partial charge in [0, 0.05) is 50.1 Å². The molecule has 4 rings (SSSR count). The third kappa shape index (κ3) is 4.68. The number of piperidine rings is 1. The molecule has 0 N–H and O–H groups in total. The summed E-state index contributed by atoms with van der Waals surface area (Å²) < 4.78 is 27.0. The first-order valence-electron chi connectivity index (χ1n) is 10.6. The van der Waals surface area contributed by atoms with Crippen LogP contribution in [-0.4, -0.2) is 73.6 Å². The topological polar surface area (TPSA) is 78.0 Å². The number of hydrogen-bond donors (Lipinski definition) is 0. The molecule has 2 aliphatic heterocycles. The maximum atomic E-state index is 13.0. The molecule has 9 heteroatoms. The average Bonchev–Trinajstić information content (AvgIpc) is 3.25. The second-order valence-corrected chi connectivity index (χ2v) is 11.2. The molecule has 0 aliphatic carbocycles. The molecule has 2 aromatic rings. The third-order valence-electron chi connectivity index (χ3n) is 6.01. The van der Waals surface area contributed by atoms with Crippen molar-refractivity contribution in [3.63, 3.8) is 0 Å². The zero-order valence-electron chi connectivity index (χ0n) is 17.6. The van der Waals surface area contributed by atoms with Gasteiger partial charge in [-0.3, -0.25) is 9.59 Å². The van der Waals surface area contributed by atoms with E-state index in [1.165, 1.54) is 15.6 Å². The molecule has 2 saturated heterocycles. The predicted octanol–water partition coefficient (Wildman–Crippen LogP) is 2.44. The Morgan fingerprint density at radius 1 is 0.871 bits per heavy atom. The normalized spacial score (nSPS) is 18.9. The van der Waals surface area contributed by atoms with Crippen LogP contribution < -0.4 is 0 Å². The number of aryl methyl sites for hydroxylation is 1. The molecular formula is C22H27N3O4S2. The highest BCUT2D eigenvalue weighted by Gasteiger charge is 2.35. The Labute approximate surface area is 187 Å². The first kappa shape index (κ1) is 22.0. The summed E-state index contributed by atoms with van der Waals surface area (Å²) in [7, 11) is -3.51. The molecule has 2 fully saturated rings. The second-order valence-electron chi connectivity index (χ2n) is 8.02. The molecule has 2 aliphatic rings. The quantitative estimate of drug-likeness (QED) is 0.701. The van der Waals surface area contributed by atoms with Gasteiger partial charge in [-0.05, 0) is 44.0 Å². The highest BCUT2D eigenvalue weighted by atomic mass is 32.2. The van der Waals surface area contributed by atoms with E-state index in [4.69, 9.17) is 0 Å². The van der Waals surface area contributed by atoms with Gasteiger partial charge in [0.05, 0.1) is 9.77 Å². The first-order chi connectivity index (χ1) is 14.9. The number of carbonyl (C=O) groups excluding carboxylic acids is 2. The zero-order chi connectivity index (χ0) is 22.0. The van der Waals surface area contributed by atoms with Crippen molar-refractivity contribution in [2.75, 3.05) is 39.3 Å². The van der Waals surface area contributed by atoms with Crippen LogP contribution in [0, 0.1) is 12.8 Å². The van der Waals surface area contributed by atoms with E-state index >= 15 is 0 Å². The Morgan fingerprint density at radius 2 is 1.48 bits per heavy atom. The molecule has 2 amide bonds. The van der Waals surface area contributed by atoms with E-state index in [0.717, 1.165) is 9.75 Å². The van der Waals surface area contributed by atoms with Gasteiger partial charge in [0.15, 0.2) is 0 Å². The summed E-state index contributed by atoms with van der Waals surface area (Å²) in [6.45, 7) is 4.79. The van der Waals surface area contributed by atoms with Crippen molar-refractivity contribution in [2.24, 2.45) is 5.92 Å². The molecule has 0 atom stereocenters. The first-order valence-corrected chi connectivity index (χ1v) is 12.8. The molecule has 0 spiro atoms. The molecule has 1 aromatic heterocycles. The molecule has 7 nitrogen and oxygen atoms in total. The van der Waals surface area contributed by atoms with Crippen LogP contribution in [0.4, 0.5) is 0 Å². The van der Waals surface area contributed by atoms with E-state index in [1.54, 1.807) is 30.3 Å². The number of piperazine rings is 1. The van der Waals surface area contributed by atoms with E-state index in [2.05, 4.69) is 0 Å². The van der Waals surface area contributed by atoms with Gasteiger partial charge in [-0.2, -0.15) is 4.31 Å². The number of carbonyl (C=O) groups is 2. The minimum atomic E-state index is -3.51. The van der Waals surface area contributed by atoms with E-state index < -0.39 is 10.0 Å². The molecule has 3 heterocycles. The molecular weight excluding hydrogens is 434 g/mol. The highest BCUT2D eigenvalue weighted by molar-refractivity contribution is 7.89. The van der Waals surface area contributed by atoms with E-state index in [-0.39, 0.29) is 17.7 Å². The third-order valence-corrected chi connectivity index (χ3v) is 8.92. The SMILES string of the molecule is Cc1ccc(C(=O)N2CCN(C(=O)C3CCN(S(=O)(=O)c4ccccc4)CC3)CC2)s1. The second kappa shape index (κ2) is 9.10. The Balaban J connectivity index is 1.29. The van der Waals surface area contributed by atoms with Crippen LogP contribution in [0.1, 0.15) is 27.4 Å². The highest BCUT2D eigenvalue weighted by Crippen LogP contribution is 2.26. The fourth-order valence-electron chi connectivity index (χ4n) is 4.18. The van der Waals surface area contributed by atoms with Crippen LogP contribution in [0.5, 0.6) is 0 Å².